The van der Waals surface area contributed by atoms with Crippen molar-refractivity contribution in [2.24, 2.45) is 0 Å². The smallest absolute Gasteiger partial charge is 0.235 e. The Morgan fingerprint density at radius 1 is 1.10 bits per heavy atom. The number of likely N-dealkylation sites (N-methyl/N-ethyl adjacent to an activating group) is 1. The van der Waals surface area contributed by atoms with Gasteiger partial charge in [0.2, 0.25) is 5.91 Å². The summed E-state index contributed by atoms with van der Waals surface area (Å²) in [6.07, 6.45) is 1.63. The van der Waals surface area contributed by atoms with Crippen LogP contribution in [0.1, 0.15) is 22.3 Å². The lowest BCUT2D eigenvalue weighted by molar-refractivity contribution is -0.119. The number of nitrogens with zero attached hydrogens (tertiary/aromatic N) is 2. The van der Waals surface area contributed by atoms with E-state index in [4.69, 9.17) is 5.26 Å². The number of nitrogens with one attached hydrogen (secondary N) is 1. The van der Waals surface area contributed by atoms with Gasteiger partial charge in [0.05, 0.1) is 17.4 Å². The molecule has 0 fully saturated rings. The van der Waals surface area contributed by atoms with Gasteiger partial charge < -0.3 is 10.2 Å². The molecule has 0 radical (unpaired) electrons. The monoisotopic (exact) mass is 411 g/mol. The Bertz CT molecular complexity index is 1010. The second-order valence-electron chi connectivity index (χ2n) is 7.86. The van der Waals surface area contributed by atoms with E-state index in [0.29, 0.717) is 17.7 Å². The number of hydrogen-bond donors (Lipinski definition) is 1. The molecule has 0 aromatic heterocycles. The zero-order valence-corrected chi connectivity index (χ0v) is 17.5. The van der Waals surface area contributed by atoms with Crippen molar-refractivity contribution < 1.29 is 13.2 Å². The fourth-order valence-corrected chi connectivity index (χ4v) is 5.07. The number of amides is 1. The van der Waals surface area contributed by atoms with Gasteiger partial charge >= 0.3 is 0 Å². The highest BCUT2D eigenvalue weighted by Crippen LogP contribution is 2.33. The Labute approximate surface area is 172 Å². The van der Waals surface area contributed by atoms with E-state index in [0.717, 1.165) is 12.8 Å². The first-order valence-corrected chi connectivity index (χ1v) is 11.3. The quantitative estimate of drug-likeness (QED) is 0.749. The van der Waals surface area contributed by atoms with Gasteiger partial charge in [0.1, 0.15) is 5.75 Å². The van der Waals surface area contributed by atoms with Gasteiger partial charge in [-0.25, -0.2) is 8.42 Å². The van der Waals surface area contributed by atoms with Crippen LogP contribution >= 0.6 is 0 Å². The third-order valence-corrected chi connectivity index (χ3v) is 7.02. The number of hydrogen-bond acceptors (Lipinski definition) is 5. The molecule has 0 spiro atoms. The van der Waals surface area contributed by atoms with E-state index in [9.17, 15) is 13.2 Å². The highest BCUT2D eigenvalue weighted by atomic mass is 32.2. The van der Waals surface area contributed by atoms with Gasteiger partial charge in [0.15, 0.2) is 9.84 Å². The molecule has 1 N–H and O–H groups in total. The molecule has 7 heteroatoms. The maximum absolute atomic E-state index is 12.4. The predicted octanol–water partition coefficient (Wildman–Crippen LogP) is 1.69. The highest BCUT2D eigenvalue weighted by molar-refractivity contribution is 7.91. The van der Waals surface area contributed by atoms with Crippen LogP contribution in [0.4, 0.5) is 0 Å². The van der Waals surface area contributed by atoms with Crippen LogP contribution < -0.4 is 5.32 Å². The van der Waals surface area contributed by atoms with Crippen LogP contribution in [-0.4, -0.2) is 51.2 Å². The van der Waals surface area contributed by atoms with E-state index < -0.39 is 21.5 Å². The predicted molar refractivity (Wildman–Crippen MR) is 112 cm³/mol. The summed E-state index contributed by atoms with van der Waals surface area (Å²) >= 11 is 0. The molecule has 1 aliphatic carbocycles. The van der Waals surface area contributed by atoms with Crippen molar-refractivity contribution in [2.45, 2.75) is 24.1 Å². The van der Waals surface area contributed by atoms with Gasteiger partial charge in [-0.2, -0.15) is 5.26 Å². The summed E-state index contributed by atoms with van der Waals surface area (Å²) in [6, 6.07) is 16.6. The Kier molecular flexibility index (Phi) is 6.06. The summed E-state index contributed by atoms with van der Waals surface area (Å²) in [5.41, 5.74) is 3.31. The minimum atomic E-state index is -3.60. The average Bonchev–Trinajstić information content (AvgIpc) is 3.06. The first-order valence-electron chi connectivity index (χ1n) is 9.43. The van der Waals surface area contributed by atoms with Crippen LogP contribution in [0.15, 0.2) is 48.5 Å². The van der Waals surface area contributed by atoms with Gasteiger partial charge in [0.25, 0.3) is 0 Å². The fraction of sp³-hybridized carbons (Fsp3) is 0.364. The summed E-state index contributed by atoms with van der Waals surface area (Å²) < 4.78 is 24.8. The topological polar surface area (TPSA) is 90.3 Å². The Morgan fingerprint density at radius 2 is 1.69 bits per heavy atom. The van der Waals surface area contributed by atoms with Crippen molar-refractivity contribution >= 4 is 15.7 Å². The van der Waals surface area contributed by atoms with E-state index >= 15 is 0 Å². The van der Waals surface area contributed by atoms with E-state index in [-0.39, 0.29) is 11.3 Å². The van der Waals surface area contributed by atoms with Gasteiger partial charge in [-0.15, -0.1) is 0 Å². The largest absolute Gasteiger partial charge is 0.353 e. The van der Waals surface area contributed by atoms with Gasteiger partial charge in [-0.1, -0.05) is 36.4 Å². The number of carbonyl (C=O) groups is 1. The lowest BCUT2D eigenvalue weighted by Crippen LogP contribution is -2.54. The average molecular weight is 412 g/mol. The third kappa shape index (κ3) is 5.03. The second kappa shape index (κ2) is 8.36. The number of sulfone groups is 1. The molecule has 1 amide bonds. The van der Waals surface area contributed by atoms with Crippen molar-refractivity contribution in [1.82, 2.24) is 10.2 Å². The summed E-state index contributed by atoms with van der Waals surface area (Å²) in [7, 11) is 0.370. The summed E-state index contributed by atoms with van der Waals surface area (Å²) in [5.74, 6) is -1.27. The normalized spacial score (nSPS) is 15.0. The first-order chi connectivity index (χ1) is 13.7. The molecule has 0 bridgehead atoms. The summed E-state index contributed by atoms with van der Waals surface area (Å²) in [5, 5.41) is 11.7. The van der Waals surface area contributed by atoms with Crippen LogP contribution in [0.25, 0.3) is 0 Å². The van der Waals surface area contributed by atoms with E-state index in [2.05, 4.69) is 22.3 Å². The molecule has 0 saturated heterocycles. The van der Waals surface area contributed by atoms with E-state index in [1.165, 1.54) is 11.1 Å². The van der Waals surface area contributed by atoms with E-state index in [1.807, 2.05) is 32.3 Å². The molecule has 0 saturated carbocycles. The van der Waals surface area contributed by atoms with Gasteiger partial charge in [0, 0.05) is 12.1 Å². The number of nitriles is 1. The number of fused-ring (bicyclic) bond motifs is 1. The SMILES string of the molecule is CN(C)C1(CNC(=O)CS(=O)(=O)Cc2ccc(C#N)cc2)Cc2ccccc2C1. The van der Waals surface area contributed by atoms with Gasteiger partial charge in [-0.3, -0.25) is 4.79 Å². The zero-order valence-electron chi connectivity index (χ0n) is 16.7. The molecule has 0 unspecified atom stereocenters. The lowest BCUT2D eigenvalue weighted by Gasteiger charge is -2.36. The Hall–Kier alpha value is -2.69. The second-order valence-corrected chi connectivity index (χ2v) is 9.92. The molecular formula is C22H25N3O3S. The molecule has 2 aromatic carbocycles. The molecule has 3 rings (SSSR count). The van der Waals surface area contributed by atoms with Crippen molar-refractivity contribution in [3.63, 3.8) is 0 Å². The number of rotatable bonds is 7. The van der Waals surface area contributed by atoms with Crippen molar-refractivity contribution in [1.29, 1.82) is 5.26 Å². The first kappa shape index (κ1) is 21.0. The molecule has 6 nitrogen and oxygen atoms in total. The van der Waals surface area contributed by atoms with Crippen LogP contribution in [-0.2, 0) is 33.2 Å². The lowest BCUT2D eigenvalue weighted by atomic mass is 9.94. The van der Waals surface area contributed by atoms with Crippen LogP contribution in [0.5, 0.6) is 0 Å². The molecule has 0 aliphatic heterocycles. The van der Waals surface area contributed by atoms with Crippen LogP contribution in [0, 0.1) is 11.3 Å². The minimum absolute atomic E-state index is 0.226. The van der Waals surface area contributed by atoms with Crippen LogP contribution in [0.2, 0.25) is 0 Å². The number of carbonyl (C=O) groups excluding carboxylic acids is 1. The molecule has 1 aliphatic rings. The Morgan fingerprint density at radius 3 is 2.21 bits per heavy atom. The van der Waals surface area contributed by atoms with Crippen molar-refractivity contribution in [2.75, 3.05) is 26.4 Å². The number of benzene rings is 2. The van der Waals surface area contributed by atoms with Crippen LogP contribution in [0.3, 0.4) is 0 Å². The van der Waals surface area contributed by atoms with E-state index in [1.54, 1.807) is 24.3 Å². The standard InChI is InChI=1S/C22H25N3O3S/c1-25(2)22(11-19-5-3-4-6-20(19)12-22)16-24-21(26)15-29(27,28)14-18-9-7-17(13-23)8-10-18/h3-10H,11-12,14-16H2,1-2H3,(H,24,26). The molecule has 0 heterocycles. The molecule has 29 heavy (non-hydrogen) atoms. The van der Waals surface area contributed by atoms with Crippen molar-refractivity contribution in [3.05, 3.63) is 70.8 Å². The summed E-state index contributed by atoms with van der Waals surface area (Å²) in [4.78, 5) is 14.5. The fourth-order valence-electron chi connectivity index (χ4n) is 3.77. The van der Waals surface area contributed by atoms with Gasteiger partial charge in [-0.05, 0) is 55.8 Å². The Balaban J connectivity index is 1.60. The summed E-state index contributed by atoms with van der Waals surface area (Å²) in [6.45, 7) is 0.389. The molecule has 0 atom stereocenters. The minimum Gasteiger partial charge on any atom is -0.353 e. The third-order valence-electron chi connectivity index (χ3n) is 5.54. The van der Waals surface area contributed by atoms with Crippen molar-refractivity contribution in [3.8, 4) is 6.07 Å². The maximum Gasteiger partial charge on any atom is 0.235 e. The molecular weight excluding hydrogens is 386 g/mol. The zero-order chi connectivity index (χ0) is 21.1. The maximum atomic E-state index is 12.4. The molecule has 2 aromatic rings. The highest BCUT2D eigenvalue weighted by Gasteiger charge is 2.39. The molecule has 152 valence electrons.